The molecule has 0 bridgehead atoms. The first-order valence-corrected chi connectivity index (χ1v) is 9.75. The highest BCUT2D eigenvalue weighted by atomic mass is 16.5. The fourth-order valence-electron chi connectivity index (χ4n) is 2.35. The van der Waals surface area contributed by atoms with Gasteiger partial charge in [0.05, 0.1) is 26.4 Å². The molecule has 0 heterocycles. The van der Waals surface area contributed by atoms with Crippen LogP contribution < -0.4 is 0 Å². The molecule has 0 aromatic heterocycles. The van der Waals surface area contributed by atoms with Crippen LogP contribution in [0.1, 0.15) is 73.1 Å². The fraction of sp³-hybridized carbons (Fsp3) is 1.00. The van der Waals surface area contributed by atoms with Crippen molar-refractivity contribution in [2.45, 2.75) is 73.1 Å². The predicted octanol–water partition coefficient (Wildman–Crippen LogP) is 4.03. The number of unbranched alkanes of at least 4 members (excludes halogenated alkanes) is 1. The quantitative estimate of drug-likeness (QED) is 0.414. The minimum Gasteiger partial charge on any atom is -0.396 e. The van der Waals surface area contributed by atoms with Gasteiger partial charge in [0.15, 0.2) is 0 Å². The Bertz CT molecular complexity index is 285. The minimum absolute atomic E-state index is 0.0988. The van der Waals surface area contributed by atoms with Gasteiger partial charge in [0.2, 0.25) is 0 Å². The van der Waals surface area contributed by atoms with Crippen molar-refractivity contribution in [1.29, 1.82) is 0 Å². The highest BCUT2D eigenvalue weighted by molar-refractivity contribution is 4.71. The van der Waals surface area contributed by atoms with Crippen LogP contribution >= 0.6 is 0 Å². The Labute approximate surface area is 149 Å². The molecule has 146 valence electrons. The van der Waals surface area contributed by atoms with E-state index in [9.17, 15) is 10.2 Å². The molecule has 24 heavy (non-hydrogen) atoms. The van der Waals surface area contributed by atoms with Crippen molar-refractivity contribution < 1.29 is 19.7 Å². The molecule has 0 aliphatic rings. The second kappa shape index (κ2) is 13.1. The van der Waals surface area contributed by atoms with Crippen LogP contribution in [0.25, 0.3) is 0 Å². The third-order valence-corrected chi connectivity index (χ3v) is 5.45. The molecule has 4 nitrogen and oxygen atoms in total. The molecule has 0 spiro atoms. The molecule has 0 aliphatic carbocycles. The largest absolute Gasteiger partial charge is 0.396 e. The lowest BCUT2D eigenvalue weighted by Gasteiger charge is -2.26. The monoisotopic (exact) mass is 346 g/mol. The van der Waals surface area contributed by atoms with Crippen LogP contribution in [0.15, 0.2) is 0 Å². The normalized spacial score (nSPS) is 18.1. The maximum absolute atomic E-state index is 9.41. The molecule has 0 rings (SSSR count). The standard InChI is InChI=1S/C20H42O4/c1-6-18(13-24-17-20(5,8-3)15-22)11-9-10-12-23-16-19(4,7-2)14-21/h18,21-22H,6-17H2,1-5H3. The van der Waals surface area contributed by atoms with Gasteiger partial charge in [-0.15, -0.1) is 0 Å². The smallest absolute Gasteiger partial charge is 0.0541 e. The third kappa shape index (κ3) is 9.97. The van der Waals surface area contributed by atoms with E-state index < -0.39 is 0 Å². The zero-order valence-corrected chi connectivity index (χ0v) is 16.8. The van der Waals surface area contributed by atoms with Gasteiger partial charge in [0, 0.05) is 24.0 Å². The van der Waals surface area contributed by atoms with Gasteiger partial charge >= 0.3 is 0 Å². The van der Waals surface area contributed by atoms with Crippen molar-refractivity contribution in [3.63, 3.8) is 0 Å². The second-order valence-electron chi connectivity index (χ2n) is 7.98. The summed E-state index contributed by atoms with van der Waals surface area (Å²) in [6.07, 6.45) is 6.36. The van der Waals surface area contributed by atoms with E-state index in [4.69, 9.17) is 9.47 Å². The van der Waals surface area contributed by atoms with Crippen molar-refractivity contribution in [3.8, 4) is 0 Å². The number of rotatable bonds is 16. The Morgan fingerprint density at radius 2 is 1.38 bits per heavy atom. The van der Waals surface area contributed by atoms with E-state index in [2.05, 4.69) is 34.6 Å². The molecule has 0 aromatic carbocycles. The van der Waals surface area contributed by atoms with Gasteiger partial charge in [0.25, 0.3) is 0 Å². The van der Waals surface area contributed by atoms with Crippen LogP contribution in [-0.2, 0) is 9.47 Å². The average Bonchev–Trinajstić information content (AvgIpc) is 2.62. The maximum Gasteiger partial charge on any atom is 0.0541 e. The first kappa shape index (κ1) is 23.8. The Morgan fingerprint density at radius 1 is 0.833 bits per heavy atom. The maximum atomic E-state index is 9.41. The number of hydrogen-bond acceptors (Lipinski definition) is 4. The van der Waals surface area contributed by atoms with E-state index in [0.717, 1.165) is 51.7 Å². The zero-order chi connectivity index (χ0) is 18.5. The van der Waals surface area contributed by atoms with Crippen LogP contribution in [0.3, 0.4) is 0 Å². The van der Waals surface area contributed by atoms with Crippen LogP contribution in [0.2, 0.25) is 0 Å². The summed E-state index contributed by atoms with van der Waals surface area (Å²) in [5.41, 5.74) is -0.205. The highest BCUT2D eigenvalue weighted by Gasteiger charge is 2.22. The van der Waals surface area contributed by atoms with Crippen LogP contribution in [0.5, 0.6) is 0 Å². The minimum atomic E-state index is -0.106. The summed E-state index contributed by atoms with van der Waals surface area (Å²) in [4.78, 5) is 0. The van der Waals surface area contributed by atoms with E-state index in [-0.39, 0.29) is 24.0 Å². The van der Waals surface area contributed by atoms with Crippen molar-refractivity contribution in [2.24, 2.45) is 16.7 Å². The van der Waals surface area contributed by atoms with E-state index in [1.165, 1.54) is 0 Å². The van der Waals surface area contributed by atoms with Crippen LogP contribution in [0, 0.1) is 16.7 Å². The summed E-state index contributed by atoms with van der Waals surface area (Å²) in [6.45, 7) is 13.7. The number of aliphatic hydroxyl groups is 2. The first-order valence-electron chi connectivity index (χ1n) is 9.75. The number of aliphatic hydroxyl groups excluding tert-OH is 2. The SMILES string of the molecule is CCC(CCCCOCC(C)(CC)CO)COCC(C)(CC)CO. The van der Waals surface area contributed by atoms with Crippen LogP contribution in [-0.4, -0.2) is 49.9 Å². The summed E-state index contributed by atoms with van der Waals surface area (Å²) in [5.74, 6) is 0.586. The topological polar surface area (TPSA) is 58.9 Å². The van der Waals surface area contributed by atoms with Gasteiger partial charge < -0.3 is 19.7 Å². The summed E-state index contributed by atoms with van der Waals surface area (Å²) in [5, 5.41) is 18.8. The molecule has 0 aromatic rings. The molecule has 0 saturated heterocycles. The van der Waals surface area contributed by atoms with E-state index in [1.54, 1.807) is 0 Å². The van der Waals surface area contributed by atoms with Gasteiger partial charge in [-0.3, -0.25) is 0 Å². The lowest BCUT2D eigenvalue weighted by Crippen LogP contribution is -2.28. The van der Waals surface area contributed by atoms with E-state index >= 15 is 0 Å². The zero-order valence-electron chi connectivity index (χ0n) is 16.8. The van der Waals surface area contributed by atoms with Gasteiger partial charge in [-0.25, -0.2) is 0 Å². The molecular formula is C20H42O4. The predicted molar refractivity (Wildman–Crippen MR) is 100 cm³/mol. The summed E-state index contributed by atoms with van der Waals surface area (Å²) in [6, 6.07) is 0. The Balaban J connectivity index is 3.80. The van der Waals surface area contributed by atoms with Gasteiger partial charge in [-0.1, -0.05) is 47.5 Å². The molecule has 3 unspecified atom stereocenters. The Hall–Kier alpha value is -0.160. The Kier molecular flexibility index (Phi) is 13.0. The van der Waals surface area contributed by atoms with Crippen molar-refractivity contribution in [1.82, 2.24) is 0 Å². The number of hydrogen-bond donors (Lipinski definition) is 2. The van der Waals surface area contributed by atoms with Gasteiger partial charge in [-0.2, -0.15) is 0 Å². The summed E-state index contributed by atoms with van der Waals surface area (Å²) < 4.78 is 11.6. The summed E-state index contributed by atoms with van der Waals surface area (Å²) >= 11 is 0. The molecule has 2 N–H and O–H groups in total. The lowest BCUT2D eigenvalue weighted by atomic mass is 9.90. The molecule has 0 amide bonds. The fourth-order valence-corrected chi connectivity index (χ4v) is 2.35. The highest BCUT2D eigenvalue weighted by Crippen LogP contribution is 2.22. The lowest BCUT2D eigenvalue weighted by molar-refractivity contribution is -0.00190. The first-order chi connectivity index (χ1) is 11.4. The van der Waals surface area contributed by atoms with E-state index in [0.29, 0.717) is 19.1 Å². The van der Waals surface area contributed by atoms with Crippen molar-refractivity contribution in [3.05, 3.63) is 0 Å². The average molecular weight is 347 g/mol. The second-order valence-corrected chi connectivity index (χ2v) is 7.98. The van der Waals surface area contributed by atoms with Gasteiger partial charge in [0.1, 0.15) is 0 Å². The van der Waals surface area contributed by atoms with E-state index in [1.807, 2.05) is 0 Å². The summed E-state index contributed by atoms with van der Waals surface area (Å²) in [7, 11) is 0. The molecule has 0 fully saturated rings. The molecule has 3 atom stereocenters. The Morgan fingerprint density at radius 3 is 1.83 bits per heavy atom. The van der Waals surface area contributed by atoms with Crippen molar-refractivity contribution >= 4 is 0 Å². The third-order valence-electron chi connectivity index (χ3n) is 5.45. The molecule has 4 heteroatoms. The molecular weight excluding hydrogens is 304 g/mol. The molecule has 0 saturated carbocycles. The van der Waals surface area contributed by atoms with Crippen molar-refractivity contribution in [2.75, 3.05) is 39.6 Å². The van der Waals surface area contributed by atoms with Gasteiger partial charge in [-0.05, 0) is 31.6 Å². The number of ether oxygens (including phenoxy) is 2. The molecule has 0 radical (unpaired) electrons. The molecule has 0 aliphatic heterocycles. The van der Waals surface area contributed by atoms with Crippen LogP contribution in [0.4, 0.5) is 0 Å².